The van der Waals surface area contributed by atoms with E-state index < -0.39 is 0 Å². The maximum atomic E-state index is 11.4. The molecule has 1 aromatic carbocycles. The van der Waals surface area contributed by atoms with E-state index in [1.165, 1.54) is 11.8 Å². The number of esters is 1. The van der Waals surface area contributed by atoms with Crippen LogP contribution in [-0.2, 0) is 9.53 Å². The van der Waals surface area contributed by atoms with E-state index in [0.717, 1.165) is 16.1 Å². The highest BCUT2D eigenvalue weighted by molar-refractivity contribution is 8.00. The third-order valence-corrected chi connectivity index (χ3v) is 3.24. The van der Waals surface area contributed by atoms with E-state index in [1.54, 1.807) is 0 Å². The molecule has 1 atom stereocenters. The zero-order valence-electron chi connectivity index (χ0n) is 9.82. The lowest BCUT2D eigenvalue weighted by Gasteiger charge is -2.11. The van der Waals surface area contributed by atoms with Crippen molar-refractivity contribution in [1.82, 2.24) is 0 Å². The van der Waals surface area contributed by atoms with Crippen LogP contribution in [0.25, 0.3) is 0 Å². The average Bonchev–Trinajstić information content (AvgIpc) is 2.24. The molecule has 0 spiro atoms. The van der Waals surface area contributed by atoms with Crippen molar-refractivity contribution < 1.29 is 9.53 Å². The van der Waals surface area contributed by atoms with Gasteiger partial charge < -0.3 is 10.5 Å². The summed E-state index contributed by atoms with van der Waals surface area (Å²) in [5, 5.41) is -0.192. The van der Waals surface area contributed by atoms with Gasteiger partial charge >= 0.3 is 5.97 Å². The second-order valence-electron chi connectivity index (χ2n) is 3.53. The number of hydrogen-bond acceptors (Lipinski definition) is 4. The standard InChI is InChI=1S/C12H17NO2S/c1-4-15-12(14)9(3)16-10-5-6-11(13)8(2)7-10/h5-7,9H,4,13H2,1-3H3. The van der Waals surface area contributed by atoms with Crippen LogP contribution in [0, 0.1) is 6.92 Å². The van der Waals surface area contributed by atoms with E-state index in [2.05, 4.69) is 0 Å². The number of nitrogens with two attached hydrogens (primary N) is 1. The lowest BCUT2D eigenvalue weighted by molar-refractivity contribution is -0.142. The molecule has 0 aliphatic heterocycles. The smallest absolute Gasteiger partial charge is 0.319 e. The van der Waals surface area contributed by atoms with Crippen molar-refractivity contribution in [3.8, 4) is 0 Å². The fourth-order valence-electron chi connectivity index (χ4n) is 1.23. The van der Waals surface area contributed by atoms with Crippen molar-refractivity contribution in [2.75, 3.05) is 12.3 Å². The summed E-state index contributed by atoms with van der Waals surface area (Å²) < 4.78 is 4.95. The Morgan fingerprint density at radius 3 is 2.81 bits per heavy atom. The van der Waals surface area contributed by atoms with Crippen molar-refractivity contribution in [3.63, 3.8) is 0 Å². The second kappa shape index (κ2) is 5.80. The number of thioether (sulfide) groups is 1. The van der Waals surface area contributed by atoms with Crippen LogP contribution < -0.4 is 5.73 Å². The highest BCUT2D eigenvalue weighted by atomic mass is 32.2. The largest absolute Gasteiger partial charge is 0.465 e. The van der Waals surface area contributed by atoms with E-state index in [0.29, 0.717) is 6.61 Å². The van der Waals surface area contributed by atoms with E-state index in [-0.39, 0.29) is 11.2 Å². The summed E-state index contributed by atoms with van der Waals surface area (Å²) in [6, 6.07) is 5.76. The van der Waals surface area contributed by atoms with Crippen LogP contribution in [0.15, 0.2) is 23.1 Å². The summed E-state index contributed by atoms with van der Waals surface area (Å²) in [5.41, 5.74) is 7.53. The maximum Gasteiger partial charge on any atom is 0.319 e. The quantitative estimate of drug-likeness (QED) is 0.498. The highest BCUT2D eigenvalue weighted by Gasteiger charge is 2.15. The zero-order valence-corrected chi connectivity index (χ0v) is 10.6. The van der Waals surface area contributed by atoms with Crippen molar-refractivity contribution in [2.24, 2.45) is 0 Å². The van der Waals surface area contributed by atoms with Crippen molar-refractivity contribution in [3.05, 3.63) is 23.8 Å². The number of rotatable bonds is 4. The van der Waals surface area contributed by atoms with Gasteiger partial charge in [-0.3, -0.25) is 4.79 Å². The first-order valence-corrected chi connectivity index (χ1v) is 6.12. The Balaban J connectivity index is 2.66. The van der Waals surface area contributed by atoms with Gasteiger partial charge in [0.1, 0.15) is 5.25 Å². The fourth-order valence-corrected chi connectivity index (χ4v) is 2.20. The normalized spacial score (nSPS) is 12.2. The second-order valence-corrected chi connectivity index (χ2v) is 4.94. The molecule has 0 amide bonds. The molecule has 0 aliphatic rings. The molecule has 1 unspecified atom stereocenters. The van der Waals surface area contributed by atoms with Crippen LogP contribution in [0.2, 0.25) is 0 Å². The molecule has 0 aliphatic carbocycles. The molecule has 2 N–H and O–H groups in total. The number of nitrogen functional groups attached to an aromatic ring is 1. The maximum absolute atomic E-state index is 11.4. The number of anilines is 1. The molecule has 4 heteroatoms. The Bertz CT molecular complexity index is 379. The number of ether oxygens (including phenoxy) is 1. The van der Waals surface area contributed by atoms with Gasteiger partial charge in [0.25, 0.3) is 0 Å². The van der Waals surface area contributed by atoms with Gasteiger partial charge in [0.15, 0.2) is 0 Å². The molecule has 0 saturated heterocycles. The lowest BCUT2D eigenvalue weighted by Crippen LogP contribution is -2.16. The van der Waals surface area contributed by atoms with Crippen LogP contribution in [0.5, 0.6) is 0 Å². The summed E-state index contributed by atoms with van der Waals surface area (Å²) in [5.74, 6) is -0.179. The predicted octanol–water partition coefficient (Wildman–Crippen LogP) is 2.62. The van der Waals surface area contributed by atoms with Gasteiger partial charge in [-0.05, 0) is 44.5 Å². The summed E-state index contributed by atoms with van der Waals surface area (Å²) >= 11 is 1.48. The molecule has 0 radical (unpaired) electrons. The summed E-state index contributed by atoms with van der Waals surface area (Å²) in [7, 11) is 0. The van der Waals surface area contributed by atoms with E-state index >= 15 is 0 Å². The summed E-state index contributed by atoms with van der Waals surface area (Å²) in [6.07, 6.45) is 0. The molecule has 0 heterocycles. The van der Waals surface area contributed by atoms with Crippen molar-refractivity contribution >= 4 is 23.4 Å². The molecule has 0 fully saturated rings. The van der Waals surface area contributed by atoms with Gasteiger partial charge in [-0.1, -0.05) is 0 Å². The van der Waals surface area contributed by atoms with Gasteiger partial charge in [0.2, 0.25) is 0 Å². The van der Waals surface area contributed by atoms with Gasteiger partial charge in [-0.25, -0.2) is 0 Å². The van der Waals surface area contributed by atoms with Crippen molar-refractivity contribution in [2.45, 2.75) is 30.9 Å². The molecule has 88 valence electrons. The Hall–Kier alpha value is -1.16. The van der Waals surface area contributed by atoms with Gasteiger partial charge in [0.05, 0.1) is 6.61 Å². The van der Waals surface area contributed by atoms with Gasteiger partial charge in [-0.2, -0.15) is 0 Å². The molecule has 0 saturated carbocycles. The minimum absolute atomic E-state index is 0.179. The number of carbonyl (C=O) groups is 1. The first-order chi connectivity index (χ1) is 7.54. The van der Waals surface area contributed by atoms with E-state index in [9.17, 15) is 4.79 Å². The van der Waals surface area contributed by atoms with Crippen molar-refractivity contribution in [1.29, 1.82) is 0 Å². The Morgan fingerprint density at radius 2 is 2.25 bits per heavy atom. The van der Waals surface area contributed by atoms with E-state index in [4.69, 9.17) is 10.5 Å². The molecule has 0 aromatic heterocycles. The fraction of sp³-hybridized carbons (Fsp3) is 0.417. The number of hydrogen-bond donors (Lipinski definition) is 1. The Labute approximate surface area is 100 Å². The molecular weight excluding hydrogens is 222 g/mol. The molecule has 3 nitrogen and oxygen atoms in total. The van der Waals surface area contributed by atoms with Crippen LogP contribution in [0.3, 0.4) is 0 Å². The summed E-state index contributed by atoms with van der Waals surface area (Å²) in [4.78, 5) is 12.5. The zero-order chi connectivity index (χ0) is 12.1. The highest BCUT2D eigenvalue weighted by Crippen LogP contribution is 2.26. The first kappa shape index (κ1) is 12.9. The topological polar surface area (TPSA) is 52.3 Å². The predicted molar refractivity (Wildman–Crippen MR) is 67.5 cm³/mol. The Kier molecular flexibility index (Phi) is 4.68. The molecule has 16 heavy (non-hydrogen) atoms. The van der Waals surface area contributed by atoms with Crippen LogP contribution in [0.1, 0.15) is 19.4 Å². The molecule has 1 rings (SSSR count). The first-order valence-electron chi connectivity index (χ1n) is 5.24. The lowest BCUT2D eigenvalue weighted by atomic mass is 10.2. The number of carbonyl (C=O) groups excluding carboxylic acids is 1. The van der Waals surface area contributed by atoms with Gasteiger partial charge in [0, 0.05) is 10.6 Å². The van der Waals surface area contributed by atoms with E-state index in [1.807, 2.05) is 39.0 Å². The van der Waals surface area contributed by atoms with Crippen LogP contribution in [-0.4, -0.2) is 17.8 Å². The SMILES string of the molecule is CCOC(=O)C(C)Sc1ccc(N)c(C)c1. The van der Waals surface area contributed by atoms with Crippen LogP contribution >= 0.6 is 11.8 Å². The third kappa shape index (κ3) is 3.45. The number of benzene rings is 1. The van der Waals surface area contributed by atoms with Gasteiger partial charge in [-0.15, -0.1) is 11.8 Å². The third-order valence-electron chi connectivity index (χ3n) is 2.17. The minimum atomic E-state index is -0.192. The Morgan fingerprint density at radius 1 is 1.56 bits per heavy atom. The monoisotopic (exact) mass is 239 g/mol. The average molecular weight is 239 g/mol. The van der Waals surface area contributed by atoms with Crippen LogP contribution in [0.4, 0.5) is 5.69 Å². The number of aryl methyl sites for hydroxylation is 1. The minimum Gasteiger partial charge on any atom is -0.465 e. The summed E-state index contributed by atoms with van der Waals surface area (Å²) in [6.45, 7) is 6.02. The molecule has 0 bridgehead atoms. The molecule has 1 aromatic rings. The molecular formula is C12H17NO2S.